The second kappa shape index (κ2) is 5.38. The summed E-state index contributed by atoms with van der Waals surface area (Å²) in [6.07, 6.45) is 0. The molecule has 2 aromatic rings. The third kappa shape index (κ3) is 3.11. The van der Waals surface area contributed by atoms with Crippen LogP contribution in [-0.4, -0.2) is 5.84 Å². The summed E-state index contributed by atoms with van der Waals surface area (Å²) in [4.78, 5) is 2.12. The van der Waals surface area contributed by atoms with Gasteiger partial charge in [0.15, 0.2) is 0 Å². The van der Waals surface area contributed by atoms with Crippen LogP contribution < -0.4 is 5.73 Å². The molecule has 0 atom stereocenters. The summed E-state index contributed by atoms with van der Waals surface area (Å²) < 4.78 is 1.04. The lowest BCUT2D eigenvalue weighted by molar-refractivity contribution is 1.33. The lowest BCUT2D eigenvalue weighted by atomic mass is 10.2. The highest BCUT2D eigenvalue weighted by Gasteiger charge is 2.06. The zero-order chi connectivity index (χ0) is 12.3. The van der Waals surface area contributed by atoms with E-state index in [4.69, 9.17) is 11.1 Å². The molecular formula is C13H11BrN2S. The van der Waals surface area contributed by atoms with Crippen molar-refractivity contribution in [3.8, 4) is 0 Å². The van der Waals surface area contributed by atoms with E-state index in [2.05, 4.69) is 15.9 Å². The average molecular weight is 307 g/mol. The largest absolute Gasteiger partial charge is 0.384 e. The van der Waals surface area contributed by atoms with Crippen LogP contribution in [0.3, 0.4) is 0 Å². The quantitative estimate of drug-likeness (QED) is 0.668. The van der Waals surface area contributed by atoms with E-state index in [9.17, 15) is 0 Å². The van der Waals surface area contributed by atoms with Gasteiger partial charge in [0.1, 0.15) is 5.84 Å². The van der Waals surface area contributed by atoms with E-state index in [-0.39, 0.29) is 5.84 Å². The van der Waals surface area contributed by atoms with Gasteiger partial charge >= 0.3 is 0 Å². The van der Waals surface area contributed by atoms with Crippen LogP contribution in [0.5, 0.6) is 0 Å². The molecule has 4 heteroatoms. The molecule has 2 rings (SSSR count). The standard InChI is InChI=1S/C13H11BrN2S/c14-9-4-3-5-10(8-9)17-12-7-2-1-6-11(12)13(15)16/h1-8H,(H3,15,16). The summed E-state index contributed by atoms with van der Waals surface area (Å²) in [6, 6.07) is 15.7. The molecule has 3 N–H and O–H groups in total. The van der Waals surface area contributed by atoms with E-state index in [0.717, 1.165) is 19.8 Å². The summed E-state index contributed by atoms with van der Waals surface area (Å²) >= 11 is 5.05. The molecule has 0 aliphatic heterocycles. The predicted molar refractivity (Wildman–Crippen MR) is 75.7 cm³/mol. The molecule has 0 saturated heterocycles. The van der Waals surface area contributed by atoms with Gasteiger partial charge in [0, 0.05) is 19.8 Å². The maximum Gasteiger partial charge on any atom is 0.123 e. The monoisotopic (exact) mass is 306 g/mol. The Balaban J connectivity index is 2.33. The minimum atomic E-state index is 0.100. The fraction of sp³-hybridized carbons (Fsp3) is 0. The molecule has 0 bridgehead atoms. The van der Waals surface area contributed by atoms with Gasteiger partial charge in [0.25, 0.3) is 0 Å². The Morgan fingerprint density at radius 2 is 1.88 bits per heavy atom. The number of hydrogen-bond acceptors (Lipinski definition) is 2. The number of hydrogen-bond donors (Lipinski definition) is 2. The first-order valence-electron chi connectivity index (χ1n) is 5.03. The summed E-state index contributed by atoms with van der Waals surface area (Å²) in [7, 11) is 0. The number of benzene rings is 2. The Hall–Kier alpha value is -1.26. The average Bonchev–Trinajstić information content (AvgIpc) is 2.29. The Kier molecular flexibility index (Phi) is 3.86. The van der Waals surface area contributed by atoms with Gasteiger partial charge in [-0.2, -0.15) is 0 Å². The Bertz CT molecular complexity index is 555. The second-order valence-corrected chi connectivity index (χ2v) is 5.50. The first-order valence-corrected chi connectivity index (χ1v) is 6.64. The molecule has 0 spiro atoms. The van der Waals surface area contributed by atoms with Gasteiger partial charge < -0.3 is 5.73 Å². The second-order valence-electron chi connectivity index (χ2n) is 3.47. The highest BCUT2D eigenvalue weighted by molar-refractivity contribution is 9.10. The molecule has 0 fully saturated rings. The highest BCUT2D eigenvalue weighted by atomic mass is 79.9. The summed E-state index contributed by atoms with van der Waals surface area (Å²) in [5.41, 5.74) is 6.33. The molecule has 0 saturated carbocycles. The number of nitrogen functional groups attached to an aromatic ring is 1. The van der Waals surface area contributed by atoms with E-state index < -0.39 is 0 Å². The van der Waals surface area contributed by atoms with Crippen molar-refractivity contribution in [1.82, 2.24) is 0 Å². The smallest absolute Gasteiger partial charge is 0.123 e. The fourth-order valence-corrected chi connectivity index (χ4v) is 3.01. The molecule has 2 nitrogen and oxygen atoms in total. The van der Waals surface area contributed by atoms with Crippen molar-refractivity contribution in [2.45, 2.75) is 9.79 Å². The zero-order valence-electron chi connectivity index (χ0n) is 8.98. The number of amidine groups is 1. The Morgan fingerprint density at radius 3 is 2.59 bits per heavy atom. The minimum absolute atomic E-state index is 0.100. The van der Waals surface area contributed by atoms with Crippen LogP contribution in [0.1, 0.15) is 5.56 Å². The van der Waals surface area contributed by atoms with Crippen LogP contribution in [0.25, 0.3) is 0 Å². The van der Waals surface area contributed by atoms with Crippen molar-refractivity contribution in [1.29, 1.82) is 5.41 Å². The zero-order valence-corrected chi connectivity index (χ0v) is 11.4. The lowest BCUT2D eigenvalue weighted by Crippen LogP contribution is -2.11. The fourth-order valence-electron chi connectivity index (χ4n) is 1.44. The molecule has 0 aliphatic rings. The molecule has 0 amide bonds. The van der Waals surface area contributed by atoms with Crippen molar-refractivity contribution in [2.75, 3.05) is 0 Å². The summed E-state index contributed by atoms with van der Waals surface area (Å²) in [6.45, 7) is 0. The normalized spacial score (nSPS) is 10.2. The van der Waals surface area contributed by atoms with Crippen LogP contribution in [-0.2, 0) is 0 Å². The van der Waals surface area contributed by atoms with Gasteiger partial charge in [-0.25, -0.2) is 0 Å². The Labute approximate surface area is 113 Å². The van der Waals surface area contributed by atoms with Gasteiger partial charge in [0.05, 0.1) is 0 Å². The van der Waals surface area contributed by atoms with Crippen LogP contribution in [0, 0.1) is 5.41 Å². The van der Waals surface area contributed by atoms with E-state index in [0.29, 0.717) is 0 Å². The molecule has 0 unspecified atom stereocenters. The van der Waals surface area contributed by atoms with E-state index >= 15 is 0 Å². The van der Waals surface area contributed by atoms with Crippen molar-refractivity contribution in [3.05, 3.63) is 58.6 Å². The molecule has 0 aromatic heterocycles. The van der Waals surface area contributed by atoms with Gasteiger partial charge in [0.2, 0.25) is 0 Å². The summed E-state index contributed by atoms with van der Waals surface area (Å²) in [5, 5.41) is 7.54. The number of nitrogens with two attached hydrogens (primary N) is 1. The van der Waals surface area contributed by atoms with Crippen molar-refractivity contribution in [3.63, 3.8) is 0 Å². The number of halogens is 1. The SMILES string of the molecule is N=C(N)c1ccccc1Sc1cccc(Br)c1. The molecule has 2 aromatic carbocycles. The minimum Gasteiger partial charge on any atom is -0.384 e. The van der Waals surface area contributed by atoms with Crippen molar-refractivity contribution >= 4 is 33.5 Å². The van der Waals surface area contributed by atoms with Gasteiger partial charge in [-0.05, 0) is 24.3 Å². The van der Waals surface area contributed by atoms with E-state index in [1.807, 2.05) is 48.5 Å². The molecule has 0 heterocycles. The lowest BCUT2D eigenvalue weighted by Gasteiger charge is -2.07. The maximum atomic E-state index is 7.54. The molecule has 0 aliphatic carbocycles. The first-order chi connectivity index (χ1) is 8.16. The predicted octanol–water partition coefficient (Wildman–Crippen LogP) is 3.88. The first kappa shape index (κ1) is 12.2. The van der Waals surface area contributed by atoms with Gasteiger partial charge in [-0.15, -0.1) is 0 Å². The third-order valence-electron chi connectivity index (χ3n) is 2.20. The number of rotatable bonds is 3. The van der Waals surface area contributed by atoms with Crippen LogP contribution in [0.2, 0.25) is 0 Å². The maximum absolute atomic E-state index is 7.54. The van der Waals surface area contributed by atoms with Gasteiger partial charge in [-0.3, -0.25) is 5.41 Å². The van der Waals surface area contributed by atoms with Crippen LogP contribution >= 0.6 is 27.7 Å². The molecule has 86 valence electrons. The van der Waals surface area contributed by atoms with E-state index in [1.54, 1.807) is 11.8 Å². The Morgan fingerprint density at radius 1 is 1.12 bits per heavy atom. The third-order valence-corrected chi connectivity index (χ3v) is 3.76. The van der Waals surface area contributed by atoms with Crippen molar-refractivity contribution in [2.24, 2.45) is 5.73 Å². The molecule has 17 heavy (non-hydrogen) atoms. The van der Waals surface area contributed by atoms with Crippen LogP contribution in [0.15, 0.2) is 62.8 Å². The molecular weight excluding hydrogens is 296 g/mol. The molecule has 0 radical (unpaired) electrons. The van der Waals surface area contributed by atoms with E-state index in [1.165, 1.54) is 0 Å². The number of nitrogens with one attached hydrogen (secondary N) is 1. The van der Waals surface area contributed by atoms with Crippen molar-refractivity contribution < 1.29 is 0 Å². The van der Waals surface area contributed by atoms with Gasteiger partial charge in [-0.1, -0.05) is 52.0 Å². The highest BCUT2D eigenvalue weighted by Crippen LogP contribution is 2.31. The topological polar surface area (TPSA) is 49.9 Å². The summed E-state index contributed by atoms with van der Waals surface area (Å²) in [5.74, 6) is 0.100. The van der Waals surface area contributed by atoms with Crippen LogP contribution in [0.4, 0.5) is 0 Å².